The van der Waals surface area contributed by atoms with Crippen LogP contribution < -0.4 is 10.2 Å². The number of methoxy groups -OCH3 is 1. The Hall–Kier alpha value is -3.94. The van der Waals surface area contributed by atoms with Crippen molar-refractivity contribution in [1.82, 2.24) is 20.3 Å². The number of carbonyl (C=O) groups is 1. The number of nitriles is 1. The second kappa shape index (κ2) is 16.6. The predicted octanol–water partition coefficient (Wildman–Crippen LogP) is 2.34. The molecule has 2 aliphatic rings. The number of hydrogen-bond acceptors (Lipinski definition) is 12. The molecule has 0 saturated carbocycles. The number of amides is 1. The molecule has 6 atom stereocenters. The second-order valence-electron chi connectivity index (χ2n) is 14.1. The molecule has 2 fully saturated rings. The molecular weight excluding hydrogens is 656 g/mol. The molecule has 276 valence electrons. The Morgan fingerprint density at radius 1 is 1.10 bits per heavy atom. The summed E-state index contributed by atoms with van der Waals surface area (Å²) in [7, 11) is 1.34. The van der Waals surface area contributed by atoms with Crippen molar-refractivity contribution in [1.29, 1.82) is 5.26 Å². The third-order valence-electron chi connectivity index (χ3n) is 9.70. The summed E-state index contributed by atoms with van der Waals surface area (Å²) in [6, 6.07) is 14.3. The summed E-state index contributed by atoms with van der Waals surface area (Å²) < 4.78 is 23.9. The van der Waals surface area contributed by atoms with Gasteiger partial charge in [0, 0.05) is 50.7 Å². The average Bonchev–Trinajstić information content (AvgIpc) is 3.56. The van der Waals surface area contributed by atoms with Crippen LogP contribution in [0.25, 0.3) is 16.8 Å². The fourth-order valence-corrected chi connectivity index (χ4v) is 6.34. The lowest BCUT2D eigenvalue weighted by Gasteiger charge is -2.39. The lowest BCUT2D eigenvalue weighted by molar-refractivity contribution is -0.292. The van der Waals surface area contributed by atoms with Crippen LogP contribution in [0.15, 0.2) is 48.2 Å². The maximum Gasteiger partial charge on any atom is 0.262 e. The van der Waals surface area contributed by atoms with Gasteiger partial charge in [-0.05, 0) is 74.2 Å². The Morgan fingerprint density at radius 2 is 1.82 bits per heavy atom. The molecule has 0 spiro atoms. The summed E-state index contributed by atoms with van der Waals surface area (Å²) in [6.45, 7) is 11.4. The van der Waals surface area contributed by atoms with Crippen LogP contribution in [0.4, 0.5) is 5.69 Å². The molecule has 6 unspecified atom stereocenters. The minimum atomic E-state index is -1.43. The zero-order valence-electron chi connectivity index (χ0n) is 30.0. The van der Waals surface area contributed by atoms with Gasteiger partial charge < -0.3 is 44.5 Å². The van der Waals surface area contributed by atoms with Crippen LogP contribution in [0.2, 0.25) is 0 Å². The normalized spacial score (nSPS) is 24.3. The third kappa shape index (κ3) is 9.69. The molecular formula is C37H50N6O8. The molecule has 51 heavy (non-hydrogen) atoms. The largest absolute Gasteiger partial charge is 0.388 e. The Morgan fingerprint density at radius 3 is 2.53 bits per heavy atom. The third-order valence-corrected chi connectivity index (χ3v) is 9.70. The van der Waals surface area contributed by atoms with E-state index in [1.165, 1.54) is 11.8 Å². The smallest absolute Gasteiger partial charge is 0.262 e. The minimum Gasteiger partial charge on any atom is -0.388 e. The number of benzene rings is 2. The quantitative estimate of drug-likeness (QED) is 0.142. The van der Waals surface area contributed by atoms with E-state index in [4.69, 9.17) is 18.9 Å². The van der Waals surface area contributed by atoms with Gasteiger partial charge in [-0.15, -0.1) is 5.10 Å². The van der Waals surface area contributed by atoms with E-state index in [0.29, 0.717) is 31.6 Å². The number of hydrogen-bond donors (Lipinski definition) is 4. The van der Waals surface area contributed by atoms with E-state index < -0.39 is 47.8 Å². The number of nitrogens with zero attached hydrogens (tertiary/aromatic N) is 5. The van der Waals surface area contributed by atoms with E-state index in [1.54, 1.807) is 12.3 Å². The lowest BCUT2D eigenvalue weighted by Crippen LogP contribution is -2.58. The molecule has 2 aromatic carbocycles. The summed E-state index contributed by atoms with van der Waals surface area (Å²) in [5.74, 6) is -0.439. The lowest BCUT2D eigenvalue weighted by atomic mass is 9.93. The maximum absolute atomic E-state index is 13.3. The summed E-state index contributed by atoms with van der Waals surface area (Å²) in [4.78, 5) is 15.6. The average molecular weight is 707 g/mol. The van der Waals surface area contributed by atoms with Gasteiger partial charge >= 0.3 is 0 Å². The van der Waals surface area contributed by atoms with Crippen LogP contribution in [0.1, 0.15) is 51.8 Å². The number of anilines is 1. The van der Waals surface area contributed by atoms with E-state index in [0.717, 1.165) is 48.3 Å². The predicted molar refractivity (Wildman–Crippen MR) is 189 cm³/mol. The van der Waals surface area contributed by atoms with Gasteiger partial charge in [0.05, 0.1) is 31.1 Å². The van der Waals surface area contributed by atoms with Gasteiger partial charge in [-0.25, -0.2) is 4.68 Å². The Bertz CT molecular complexity index is 1710. The summed E-state index contributed by atoms with van der Waals surface area (Å²) >= 11 is 0. The number of nitrogens with one attached hydrogen (secondary N) is 1. The first-order chi connectivity index (χ1) is 24.3. The fraction of sp³-hybridized carbons (Fsp3) is 0.568. The SMILES string of the molecule is CCC(C)(CCOC(C)(C)Cc1cn(CC2OC(OC)C(O)C(O)C2O)nn1)NC(=O)C(C#N)=Cc1ccc2cc(N3CCOCC3)ccc2c1. The van der Waals surface area contributed by atoms with Gasteiger partial charge in [-0.3, -0.25) is 4.79 Å². The molecule has 14 heteroatoms. The fourth-order valence-electron chi connectivity index (χ4n) is 6.34. The number of aliphatic hydroxyl groups is 3. The van der Waals surface area contributed by atoms with Crippen LogP contribution in [0.5, 0.6) is 0 Å². The van der Waals surface area contributed by atoms with E-state index in [2.05, 4.69) is 44.8 Å². The van der Waals surface area contributed by atoms with Crippen molar-refractivity contribution in [3.63, 3.8) is 0 Å². The highest BCUT2D eigenvalue weighted by molar-refractivity contribution is 6.02. The standard InChI is InChI=1S/C37H50N6O8/c1-6-37(4,11-14-50-36(2,3)20-28-22-43(41-40-28)23-30-31(44)32(45)33(46)35(48-5)51-30)39-34(47)27(21-38)18-24-7-8-26-19-29(10-9-25(26)17-24)42-12-15-49-16-13-42/h7-10,17-19,22,30-33,35,44-46H,6,11-16,20,23H2,1-5H3,(H,39,47). The van der Waals surface area contributed by atoms with Gasteiger partial charge in [0.25, 0.3) is 5.91 Å². The van der Waals surface area contributed by atoms with Crippen molar-refractivity contribution in [2.45, 2.75) is 95.3 Å². The number of morpholine rings is 1. The monoisotopic (exact) mass is 706 g/mol. The van der Waals surface area contributed by atoms with E-state index in [1.807, 2.05) is 45.9 Å². The number of aliphatic hydroxyl groups excluding tert-OH is 3. The molecule has 2 saturated heterocycles. The highest BCUT2D eigenvalue weighted by atomic mass is 16.7. The zero-order chi connectivity index (χ0) is 36.8. The van der Waals surface area contributed by atoms with Crippen LogP contribution in [0.3, 0.4) is 0 Å². The van der Waals surface area contributed by atoms with Crippen molar-refractivity contribution >= 4 is 28.4 Å². The van der Waals surface area contributed by atoms with Crippen LogP contribution in [0, 0.1) is 11.3 Å². The molecule has 1 amide bonds. The molecule has 3 aromatic rings. The molecule has 14 nitrogen and oxygen atoms in total. The summed E-state index contributed by atoms with van der Waals surface area (Å²) in [5, 5.41) is 54.0. The first-order valence-corrected chi connectivity index (χ1v) is 17.4. The highest BCUT2D eigenvalue weighted by Gasteiger charge is 2.44. The number of fused-ring (bicyclic) bond motifs is 1. The van der Waals surface area contributed by atoms with Gasteiger partial charge in [0.1, 0.15) is 36.1 Å². The van der Waals surface area contributed by atoms with Crippen LogP contribution in [-0.4, -0.2) is 118 Å². The molecule has 1 aromatic heterocycles. The van der Waals surface area contributed by atoms with Gasteiger partial charge in [0.2, 0.25) is 0 Å². The van der Waals surface area contributed by atoms with E-state index in [-0.39, 0.29) is 12.1 Å². The zero-order valence-corrected chi connectivity index (χ0v) is 30.0. The maximum atomic E-state index is 13.3. The van der Waals surface area contributed by atoms with Crippen LogP contribution >= 0.6 is 0 Å². The molecule has 0 radical (unpaired) electrons. The Kier molecular flexibility index (Phi) is 12.5. The number of carbonyl (C=O) groups excluding carboxylic acids is 1. The first-order valence-electron chi connectivity index (χ1n) is 17.4. The topological polar surface area (TPSA) is 184 Å². The van der Waals surface area contributed by atoms with E-state index >= 15 is 0 Å². The number of aromatic nitrogens is 3. The molecule has 0 bridgehead atoms. The molecule has 2 aliphatic heterocycles. The minimum absolute atomic E-state index is 0.0258. The molecule has 0 aliphatic carbocycles. The van der Waals surface area contributed by atoms with Gasteiger partial charge in [-0.1, -0.05) is 30.3 Å². The second-order valence-corrected chi connectivity index (χ2v) is 14.1. The molecule has 4 N–H and O–H groups in total. The van der Waals surface area contributed by atoms with Crippen molar-refractivity contribution in [3.8, 4) is 6.07 Å². The van der Waals surface area contributed by atoms with Gasteiger partial charge in [0.15, 0.2) is 6.29 Å². The van der Waals surface area contributed by atoms with Crippen molar-refractivity contribution in [2.75, 3.05) is 44.9 Å². The highest BCUT2D eigenvalue weighted by Crippen LogP contribution is 2.26. The van der Waals surface area contributed by atoms with Gasteiger partial charge in [-0.2, -0.15) is 5.26 Å². The van der Waals surface area contributed by atoms with Crippen molar-refractivity contribution in [2.24, 2.45) is 0 Å². The number of rotatable bonds is 14. The number of ether oxygens (including phenoxy) is 4. The Labute approximate surface area is 298 Å². The summed E-state index contributed by atoms with van der Waals surface area (Å²) in [6.07, 6.45) is -1.18. The van der Waals surface area contributed by atoms with Crippen molar-refractivity contribution in [3.05, 3.63) is 59.4 Å². The van der Waals surface area contributed by atoms with Crippen molar-refractivity contribution < 1.29 is 39.1 Å². The summed E-state index contributed by atoms with van der Waals surface area (Å²) in [5.41, 5.74) is 1.35. The Balaban J connectivity index is 1.14. The van der Waals surface area contributed by atoms with E-state index in [9.17, 15) is 25.4 Å². The first kappa shape index (κ1) is 38.3. The van der Waals surface area contributed by atoms with Crippen LogP contribution in [-0.2, 0) is 36.7 Å². The molecule has 3 heterocycles. The molecule has 5 rings (SSSR count).